The summed E-state index contributed by atoms with van der Waals surface area (Å²) < 4.78 is 11.6. The molecule has 1 aromatic carbocycles. The second kappa shape index (κ2) is 7.01. The minimum atomic E-state index is -0.232. The molecule has 0 bridgehead atoms. The van der Waals surface area contributed by atoms with Crippen LogP contribution in [0.15, 0.2) is 28.7 Å². The number of methoxy groups -OCH3 is 2. The van der Waals surface area contributed by atoms with Crippen molar-refractivity contribution in [1.82, 2.24) is 5.32 Å². The van der Waals surface area contributed by atoms with Gasteiger partial charge in [-0.15, -0.1) is 0 Å². The molecule has 0 aliphatic carbocycles. The second-order valence-corrected chi connectivity index (χ2v) is 4.48. The lowest BCUT2D eigenvalue weighted by molar-refractivity contribution is -0.121. The summed E-state index contributed by atoms with van der Waals surface area (Å²) in [4.78, 5) is 0. The Morgan fingerprint density at radius 3 is 2.50 bits per heavy atom. The molecular weight excluding hydrogens is 270 g/mol. The van der Waals surface area contributed by atoms with Gasteiger partial charge in [0, 0.05) is 18.7 Å². The molecule has 1 aromatic rings. The first-order chi connectivity index (χ1) is 7.71. The number of likely N-dealkylation sites (N-methyl/N-ethyl adjacent to an activating group) is 1. The van der Waals surface area contributed by atoms with Crippen molar-refractivity contribution in [2.45, 2.75) is 18.8 Å². The summed E-state index contributed by atoms with van der Waals surface area (Å²) in [6, 6.07) is 8.39. The molecule has 0 radical (unpaired) electrons. The zero-order chi connectivity index (χ0) is 12.0. The van der Waals surface area contributed by atoms with Gasteiger partial charge in [0.1, 0.15) is 0 Å². The van der Waals surface area contributed by atoms with Crippen molar-refractivity contribution in [2.75, 3.05) is 21.3 Å². The zero-order valence-corrected chi connectivity index (χ0v) is 11.5. The first-order valence-electron chi connectivity index (χ1n) is 5.18. The van der Waals surface area contributed by atoms with Crippen LogP contribution in [0.5, 0.6) is 0 Å². The Labute approximate surface area is 105 Å². The van der Waals surface area contributed by atoms with Crippen LogP contribution in [0, 0.1) is 0 Å². The van der Waals surface area contributed by atoms with Crippen molar-refractivity contribution in [3.05, 3.63) is 34.3 Å². The van der Waals surface area contributed by atoms with Crippen molar-refractivity contribution in [1.29, 1.82) is 0 Å². The van der Waals surface area contributed by atoms with Gasteiger partial charge in [-0.3, -0.25) is 0 Å². The maximum absolute atomic E-state index is 5.26. The molecule has 0 aliphatic heterocycles. The first kappa shape index (κ1) is 13.6. The number of benzene rings is 1. The Morgan fingerprint density at radius 2 is 2.00 bits per heavy atom. The van der Waals surface area contributed by atoms with Gasteiger partial charge >= 0.3 is 0 Å². The Balaban J connectivity index is 2.69. The lowest BCUT2D eigenvalue weighted by Gasteiger charge is -2.24. The minimum Gasteiger partial charge on any atom is -0.354 e. The van der Waals surface area contributed by atoms with Crippen LogP contribution in [-0.4, -0.2) is 33.6 Å². The van der Waals surface area contributed by atoms with E-state index in [1.54, 1.807) is 14.2 Å². The highest BCUT2D eigenvalue weighted by Gasteiger charge is 2.19. The smallest absolute Gasteiger partial charge is 0.172 e. The molecule has 1 unspecified atom stereocenters. The molecule has 1 atom stereocenters. The van der Waals surface area contributed by atoms with E-state index >= 15 is 0 Å². The van der Waals surface area contributed by atoms with Crippen LogP contribution >= 0.6 is 15.9 Å². The van der Waals surface area contributed by atoms with Gasteiger partial charge in [-0.05, 0) is 31.2 Å². The van der Waals surface area contributed by atoms with Crippen LogP contribution in [0.4, 0.5) is 0 Å². The first-order valence-corrected chi connectivity index (χ1v) is 5.98. The maximum atomic E-state index is 5.26. The lowest BCUT2D eigenvalue weighted by Crippen LogP contribution is -2.41. The molecule has 0 aromatic heterocycles. The van der Waals surface area contributed by atoms with Crippen molar-refractivity contribution in [3.63, 3.8) is 0 Å². The number of hydrogen-bond acceptors (Lipinski definition) is 3. The monoisotopic (exact) mass is 287 g/mol. The van der Waals surface area contributed by atoms with E-state index in [2.05, 4.69) is 33.4 Å². The third kappa shape index (κ3) is 3.87. The molecule has 0 saturated heterocycles. The zero-order valence-electron chi connectivity index (χ0n) is 9.87. The van der Waals surface area contributed by atoms with E-state index < -0.39 is 0 Å². The van der Waals surface area contributed by atoms with Crippen molar-refractivity contribution < 1.29 is 9.47 Å². The summed E-state index contributed by atoms with van der Waals surface area (Å²) in [7, 11) is 5.21. The summed E-state index contributed by atoms with van der Waals surface area (Å²) in [5, 5.41) is 3.21. The summed E-state index contributed by atoms with van der Waals surface area (Å²) >= 11 is 3.46. The molecule has 0 amide bonds. The van der Waals surface area contributed by atoms with Crippen LogP contribution < -0.4 is 5.32 Å². The summed E-state index contributed by atoms with van der Waals surface area (Å²) in [5.74, 6) is 0. The van der Waals surface area contributed by atoms with Crippen molar-refractivity contribution >= 4 is 15.9 Å². The fraction of sp³-hybridized carbons (Fsp3) is 0.500. The topological polar surface area (TPSA) is 30.5 Å². The highest BCUT2D eigenvalue weighted by Crippen LogP contribution is 2.14. The molecule has 0 aliphatic rings. The minimum absolute atomic E-state index is 0.143. The van der Waals surface area contributed by atoms with E-state index in [9.17, 15) is 0 Å². The van der Waals surface area contributed by atoms with Crippen LogP contribution in [-0.2, 0) is 15.9 Å². The third-order valence-electron chi connectivity index (χ3n) is 2.51. The van der Waals surface area contributed by atoms with Gasteiger partial charge in [0.05, 0.1) is 6.04 Å². The highest BCUT2D eigenvalue weighted by molar-refractivity contribution is 9.10. The van der Waals surface area contributed by atoms with Gasteiger partial charge in [-0.25, -0.2) is 0 Å². The van der Waals surface area contributed by atoms with Crippen LogP contribution in [0.3, 0.4) is 0 Å². The molecular formula is C12H18BrNO2. The quantitative estimate of drug-likeness (QED) is 0.814. The Hall–Kier alpha value is -0.420. The number of hydrogen-bond donors (Lipinski definition) is 1. The lowest BCUT2D eigenvalue weighted by atomic mass is 10.1. The predicted octanol–water partition coefficient (Wildman–Crippen LogP) is 2.20. The fourth-order valence-corrected chi connectivity index (χ4v) is 2.12. The molecule has 0 saturated carbocycles. The molecule has 90 valence electrons. The average Bonchev–Trinajstić information content (AvgIpc) is 2.29. The van der Waals surface area contributed by atoms with Crippen molar-refractivity contribution in [3.8, 4) is 0 Å². The van der Waals surface area contributed by atoms with Crippen LogP contribution in [0.2, 0.25) is 0 Å². The van der Waals surface area contributed by atoms with E-state index in [0.29, 0.717) is 0 Å². The normalized spacial score (nSPS) is 13.1. The largest absolute Gasteiger partial charge is 0.354 e. The van der Waals surface area contributed by atoms with E-state index in [0.717, 1.165) is 10.9 Å². The van der Waals surface area contributed by atoms with Gasteiger partial charge in [0.2, 0.25) is 0 Å². The van der Waals surface area contributed by atoms with Gasteiger partial charge < -0.3 is 14.8 Å². The summed E-state index contributed by atoms with van der Waals surface area (Å²) in [6.07, 6.45) is 0.631. The maximum Gasteiger partial charge on any atom is 0.172 e. The Bertz CT molecular complexity index is 316. The molecule has 0 fully saturated rings. The Morgan fingerprint density at radius 1 is 1.31 bits per heavy atom. The number of rotatable bonds is 6. The van der Waals surface area contributed by atoms with Gasteiger partial charge in [0.15, 0.2) is 6.29 Å². The average molecular weight is 288 g/mol. The molecule has 0 heterocycles. The molecule has 1 rings (SSSR count). The number of ether oxygens (including phenoxy) is 2. The predicted molar refractivity (Wildman–Crippen MR) is 68.5 cm³/mol. The molecule has 3 nitrogen and oxygen atoms in total. The third-order valence-corrected chi connectivity index (χ3v) is 3.00. The number of nitrogens with one attached hydrogen (secondary N) is 1. The Kier molecular flexibility index (Phi) is 5.98. The van der Waals surface area contributed by atoms with Gasteiger partial charge in [-0.2, -0.15) is 0 Å². The van der Waals surface area contributed by atoms with Gasteiger partial charge in [-0.1, -0.05) is 28.1 Å². The molecule has 0 spiro atoms. The molecule has 1 N–H and O–H groups in total. The highest BCUT2D eigenvalue weighted by atomic mass is 79.9. The molecule has 16 heavy (non-hydrogen) atoms. The molecule has 4 heteroatoms. The van der Waals surface area contributed by atoms with Crippen LogP contribution in [0.1, 0.15) is 5.56 Å². The van der Waals surface area contributed by atoms with E-state index in [-0.39, 0.29) is 12.3 Å². The van der Waals surface area contributed by atoms with Crippen molar-refractivity contribution in [2.24, 2.45) is 0 Å². The number of halogens is 1. The summed E-state index contributed by atoms with van der Waals surface area (Å²) in [6.45, 7) is 0. The van der Waals surface area contributed by atoms with E-state index in [1.165, 1.54) is 5.56 Å². The van der Waals surface area contributed by atoms with Crippen LogP contribution in [0.25, 0.3) is 0 Å². The fourth-order valence-electron chi connectivity index (χ4n) is 1.68. The SMILES string of the molecule is CNC(Cc1cccc(Br)c1)C(OC)OC. The van der Waals surface area contributed by atoms with Gasteiger partial charge in [0.25, 0.3) is 0 Å². The van der Waals surface area contributed by atoms with E-state index in [1.807, 2.05) is 19.2 Å². The standard InChI is InChI=1S/C12H18BrNO2/c1-14-11(12(15-2)16-3)8-9-5-4-6-10(13)7-9/h4-7,11-12,14H,8H2,1-3H3. The summed E-state index contributed by atoms with van der Waals surface area (Å²) in [5.41, 5.74) is 1.24. The second-order valence-electron chi connectivity index (χ2n) is 3.57. The van der Waals surface area contributed by atoms with E-state index in [4.69, 9.17) is 9.47 Å².